The summed E-state index contributed by atoms with van der Waals surface area (Å²) in [5.74, 6) is -1.72. The van der Waals surface area contributed by atoms with Gasteiger partial charge in [-0.1, -0.05) is 6.92 Å². The highest BCUT2D eigenvalue weighted by Crippen LogP contribution is 2.15. The Kier molecular flexibility index (Phi) is 7.44. The molecule has 2 N–H and O–H groups in total. The Morgan fingerprint density at radius 3 is 2.61 bits per heavy atom. The largest absolute Gasteiger partial charge is 0.354 e. The van der Waals surface area contributed by atoms with Crippen molar-refractivity contribution in [2.75, 3.05) is 18.8 Å². The van der Waals surface area contributed by atoms with Crippen molar-refractivity contribution >= 4 is 28.2 Å². The first-order valence-electron chi connectivity index (χ1n) is 7.38. The zero-order valence-corrected chi connectivity index (χ0v) is 14.6. The van der Waals surface area contributed by atoms with Crippen LogP contribution in [0.5, 0.6) is 0 Å². The van der Waals surface area contributed by atoms with Crippen LogP contribution in [0.15, 0.2) is 29.2 Å². The van der Waals surface area contributed by atoms with Gasteiger partial charge in [0.1, 0.15) is 5.82 Å². The second-order valence-electron chi connectivity index (χ2n) is 5.67. The van der Waals surface area contributed by atoms with Gasteiger partial charge in [-0.2, -0.15) is 0 Å². The second kappa shape index (κ2) is 8.61. The van der Waals surface area contributed by atoms with Crippen LogP contribution in [-0.2, 0) is 14.6 Å². The Bertz CT molecular complexity index is 616. The van der Waals surface area contributed by atoms with Crippen molar-refractivity contribution in [3.05, 3.63) is 30.1 Å². The van der Waals surface area contributed by atoms with Crippen LogP contribution in [0.3, 0.4) is 0 Å². The molecule has 2 rings (SSSR count). The van der Waals surface area contributed by atoms with Crippen LogP contribution >= 0.6 is 12.4 Å². The molecular weight excluding hydrogens is 343 g/mol. The third kappa shape index (κ3) is 5.75. The molecule has 1 aliphatic rings. The van der Waals surface area contributed by atoms with Crippen molar-refractivity contribution in [1.82, 2.24) is 10.6 Å². The Morgan fingerprint density at radius 1 is 1.39 bits per heavy atom. The lowest BCUT2D eigenvalue weighted by molar-refractivity contribution is -0.123. The molecule has 1 saturated heterocycles. The van der Waals surface area contributed by atoms with Crippen molar-refractivity contribution in [2.24, 2.45) is 5.92 Å². The zero-order valence-electron chi connectivity index (χ0n) is 12.9. The van der Waals surface area contributed by atoms with Gasteiger partial charge in [0.2, 0.25) is 5.91 Å². The van der Waals surface area contributed by atoms with E-state index < -0.39 is 21.6 Å². The average Bonchev–Trinajstić information content (AvgIpc) is 2.98. The SMILES string of the molecule is CC(CS(=O)(=O)c1ccc(F)cc1)C(=O)NCC1CCCN1.Cl. The summed E-state index contributed by atoms with van der Waals surface area (Å²) in [5, 5.41) is 6.04. The van der Waals surface area contributed by atoms with Gasteiger partial charge in [-0.25, -0.2) is 12.8 Å². The molecule has 1 fully saturated rings. The lowest BCUT2D eigenvalue weighted by Gasteiger charge is -2.15. The summed E-state index contributed by atoms with van der Waals surface area (Å²) in [6.45, 7) is 3.05. The molecule has 2 unspecified atom stereocenters. The van der Waals surface area contributed by atoms with Gasteiger partial charge in [0.15, 0.2) is 9.84 Å². The van der Waals surface area contributed by atoms with Crippen molar-refractivity contribution in [1.29, 1.82) is 0 Å². The minimum Gasteiger partial charge on any atom is -0.354 e. The van der Waals surface area contributed by atoms with E-state index in [0.717, 1.165) is 31.5 Å². The molecule has 0 bridgehead atoms. The molecule has 130 valence electrons. The van der Waals surface area contributed by atoms with Gasteiger partial charge >= 0.3 is 0 Å². The third-order valence-electron chi connectivity index (χ3n) is 3.77. The van der Waals surface area contributed by atoms with Crippen LogP contribution in [0.2, 0.25) is 0 Å². The van der Waals surface area contributed by atoms with E-state index in [0.29, 0.717) is 6.54 Å². The predicted molar refractivity (Wildman–Crippen MR) is 88.9 cm³/mol. The molecule has 0 aliphatic carbocycles. The number of sulfone groups is 1. The Labute approximate surface area is 142 Å². The average molecular weight is 365 g/mol. The van der Waals surface area contributed by atoms with Crippen LogP contribution in [0.4, 0.5) is 4.39 Å². The molecule has 0 spiro atoms. The quantitative estimate of drug-likeness (QED) is 0.750. The summed E-state index contributed by atoms with van der Waals surface area (Å²) in [5.41, 5.74) is 0. The normalized spacial score (nSPS) is 19.0. The van der Waals surface area contributed by atoms with Crippen LogP contribution in [0.25, 0.3) is 0 Å². The summed E-state index contributed by atoms with van der Waals surface area (Å²) >= 11 is 0. The van der Waals surface area contributed by atoms with E-state index in [-0.39, 0.29) is 35.0 Å². The van der Waals surface area contributed by atoms with Crippen LogP contribution in [0.1, 0.15) is 19.8 Å². The van der Waals surface area contributed by atoms with E-state index in [9.17, 15) is 17.6 Å². The van der Waals surface area contributed by atoms with Crippen molar-refractivity contribution in [3.63, 3.8) is 0 Å². The molecule has 0 saturated carbocycles. The molecule has 2 atom stereocenters. The van der Waals surface area contributed by atoms with Crippen molar-refractivity contribution in [3.8, 4) is 0 Å². The molecule has 1 aliphatic heterocycles. The van der Waals surface area contributed by atoms with Gasteiger partial charge in [0, 0.05) is 18.5 Å². The fourth-order valence-electron chi connectivity index (χ4n) is 2.47. The van der Waals surface area contributed by atoms with Gasteiger partial charge in [-0.15, -0.1) is 12.4 Å². The maximum absolute atomic E-state index is 12.8. The minimum atomic E-state index is -3.60. The zero-order chi connectivity index (χ0) is 16.2. The lowest BCUT2D eigenvalue weighted by Crippen LogP contribution is -2.40. The second-order valence-corrected chi connectivity index (χ2v) is 7.71. The monoisotopic (exact) mass is 364 g/mol. The van der Waals surface area contributed by atoms with Gasteiger partial charge in [-0.3, -0.25) is 4.79 Å². The fourth-order valence-corrected chi connectivity index (χ4v) is 4.02. The molecule has 1 amide bonds. The van der Waals surface area contributed by atoms with E-state index in [1.54, 1.807) is 6.92 Å². The minimum absolute atomic E-state index is 0. The van der Waals surface area contributed by atoms with Gasteiger partial charge in [0.25, 0.3) is 0 Å². The number of carbonyl (C=O) groups excluding carboxylic acids is 1. The number of rotatable bonds is 6. The maximum atomic E-state index is 12.8. The van der Waals surface area contributed by atoms with E-state index >= 15 is 0 Å². The number of amides is 1. The van der Waals surface area contributed by atoms with Crippen LogP contribution in [-0.4, -0.2) is 39.2 Å². The Hall–Kier alpha value is -1.18. The summed E-state index contributed by atoms with van der Waals surface area (Å²) in [4.78, 5) is 12.0. The highest BCUT2D eigenvalue weighted by molar-refractivity contribution is 7.91. The summed E-state index contributed by atoms with van der Waals surface area (Å²) in [6, 6.07) is 4.91. The van der Waals surface area contributed by atoms with Crippen LogP contribution < -0.4 is 10.6 Å². The fraction of sp³-hybridized carbons (Fsp3) is 0.533. The smallest absolute Gasteiger partial charge is 0.223 e. The molecule has 0 aromatic heterocycles. The van der Waals surface area contributed by atoms with E-state index in [1.807, 2.05) is 0 Å². The number of carbonyl (C=O) groups is 1. The van der Waals surface area contributed by atoms with E-state index in [1.165, 1.54) is 12.1 Å². The lowest BCUT2D eigenvalue weighted by atomic mass is 10.2. The number of hydrogen-bond donors (Lipinski definition) is 2. The third-order valence-corrected chi connectivity index (χ3v) is 5.70. The number of benzene rings is 1. The highest BCUT2D eigenvalue weighted by Gasteiger charge is 2.24. The first-order valence-corrected chi connectivity index (χ1v) is 9.03. The standard InChI is InChI=1S/C15H21FN2O3S.ClH/c1-11(15(19)18-9-13-3-2-8-17-13)10-22(20,21)14-6-4-12(16)5-7-14;/h4-7,11,13,17H,2-3,8-10H2,1H3,(H,18,19);1H. The molecule has 0 radical (unpaired) electrons. The van der Waals surface area contributed by atoms with Crippen molar-refractivity contribution in [2.45, 2.75) is 30.7 Å². The van der Waals surface area contributed by atoms with Gasteiger partial charge in [0.05, 0.1) is 10.6 Å². The number of hydrogen-bond acceptors (Lipinski definition) is 4. The van der Waals surface area contributed by atoms with E-state index in [4.69, 9.17) is 0 Å². The maximum Gasteiger partial charge on any atom is 0.223 e. The first-order chi connectivity index (χ1) is 10.4. The van der Waals surface area contributed by atoms with Gasteiger partial charge < -0.3 is 10.6 Å². The Morgan fingerprint density at radius 2 is 2.04 bits per heavy atom. The van der Waals surface area contributed by atoms with Crippen LogP contribution in [0, 0.1) is 11.7 Å². The molecule has 8 heteroatoms. The van der Waals surface area contributed by atoms with Crippen molar-refractivity contribution < 1.29 is 17.6 Å². The summed E-state index contributed by atoms with van der Waals surface area (Å²) in [6.07, 6.45) is 2.11. The Balaban J connectivity index is 0.00000264. The number of nitrogens with one attached hydrogen (secondary N) is 2. The topological polar surface area (TPSA) is 75.3 Å². The number of halogens is 2. The van der Waals surface area contributed by atoms with Gasteiger partial charge in [-0.05, 0) is 43.7 Å². The molecule has 5 nitrogen and oxygen atoms in total. The molecule has 23 heavy (non-hydrogen) atoms. The highest BCUT2D eigenvalue weighted by atomic mass is 35.5. The molecule has 1 aromatic carbocycles. The summed E-state index contributed by atoms with van der Waals surface area (Å²) in [7, 11) is -3.60. The molecule has 1 heterocycles. The summed E-state index contributed by atoms with van der Waals surface area (Å²) < 4.78 is 37.3. The molecule has 1 aromatic rings. The first kappa shape index (κ1) is 19.9. The predicted octanol–water partition coefficient (Wildman–Crippen LogP) is 1.53. The van der Waals surface area contributed by atoms with E-state index in [2.05, 4.69) is 10.6 Å². The molecular formula is C15H22ClFN2O3S.